The molecular weight excluding hydrogens is 262 g/mol. The van der Waals surface area contributed by atoms with Gasteiger partial charge in [0.25, 0.3) is 5.91 Å². The van der Waals surface area contributed by atoms with Gasteiger partial charge < -0.3 is 9.64 Å². The van der Waals surface area contributed by atoms with Crippen LogP contribution in [-0.2, 0) is 4.74 Å². The zero-order chi connectivity index (χ0) is 13.1. The summed E-state index contributed by atoms with van der Waals surface area (Å²) >= 11 is 1.13. The van der Waals surface area contributed by atoms with Crippen LogP contribution in [0.25, 0.3) is 0 Å². The molecule has 2 aromatic rings. The Hall–Kier alpha value is -1.79. The molecule has 1 unspecified atom stereocenters. The van der Waals surface area contributed by atoms with Crippen molar-refractivity contribution in [3.8, 4) is 0 Å². The summed E-state index contributed by atoms with van der Waals surface area (Å²) in [6.45, 7) is 1.73. The first-order chi connectivity index (χ1) is 9.34. The summed E-state index contributed by atoms with van der Waals surface area (Å²) in [4.78, 5) is 14.6. The van der Waals surface area contributed by atoms with E-state index >= 15 is 0 Å². The number of morpholine rings is 1. The number of hydrogen-bond donors (Lipinski definition) is 0. The average molecular weight is 275 g/mol. The van der Waals surface area contributed by atoms with E-state index in [-0.39, 0.29) is 12.0 Å². The number of hydrogen-bond acceptors (Lipinski definition) is 5. The molecule has 1 aliphatic rings. The van der Waals surface area contributed by atoms with Crippen LogP contribution in [0.1, 0.15) is 21.3 Å². The van der Waals surface area contributed by atoms with E-state index in [1.54, 1.807) is 4.90 Å². The number of carbonyl (C=O) groups excluding carboxylic acids is 1. The molecule has 0 bridgehead atoms. The molecular formula is C13H13N3O2S. The maximum atomic E-state index is 12.2. The highest BCUT2D eigenvalue weighted by Gasteiger charge is 2.26. The number of rotatable bonds is 2. The molecule has 19 heavy (non-hydrogen) atoms. The SMILES string of the molecule is O=C(c1cnns1)N1CCOC(c2ccccc2)C1. The third-order valence-corrected chi connectivity index (χ3v) is 3.75. The Morgan fingerprint density at radius 2 is 2.21 bits per heavy atom. The standard InChI is InChI=1S/C13H13N3O2S/c17-13(12-8-14-15-19-12)16-6-7-18-11(9-16)10-4-2-1-3-5-10/h1-5,8,11H,6-7,9H2. The largest absolute Gasteiger partial charge is 0.370 e. The number of carbonyl (C=O) groups is 1. The van der Waals surface area contributed by atoms with Gasteiger partial charge in [-0.1, -0.05) is 34.8 Å². The topological polar surface area (TPSA) is 55.3 Å². The second-order valence-corrected chi connectivity index (χ2v) is 5.09. The predicted octanol–water partition coefficient (Wildman–Crippen LogP) is 1.75. The van der Waals surface area contributed by atoms with Crippen molar-refractivity contribution >= 4 is 17.4 Å². The van der Waals surface area contributed by atoms with Crippen LogP contribution in [0.3, 0.4) is 0 Å². The fourth-order valence-corrected chi connectivity index (χ4v) is 2.60. The zero-order valence-electron chi connectivity index (χ0n) is 10.2. The number of ether oxygens (including phenoxy) is 1. The van der Waals surface area contributed by atoms with E-state index < -0.39 is 0 Å². The Labute approximate surface area is 115 Å². The van der Waals surface area contributed by atoms with Crippen LogP contribution in [-0.4, -0.2) is 40.1 Å². The summed E-state index contributed by atoms with van der Waals surface area (Å²) in [5.74, 6) is -0.0146. The molecule has 98 valence electrons. The van der Waals surface area contributed by atoms with E-state index in [1.807, 2.05) is 30.3 Å². The third-order valence-electron chi connectivity index (χ3n) is 3.10. The van der Waals surface area contributed by atoms with Crippen molar-refractivity contribution in [2.75, 3.05) is 19.7 Å². The Morgan fingerprint density at radius 1 is 1.37 bits per heavy atom. The lowest BCUT2D eigenvalue weighted by Gasteiger charge is -2.32. The molecule has 0 spiro atoms. The molecule has 1 aromatic heterocycles. The van der Waals surface area contributed by atoms with Crippen LogP contribution < -0.4 is 0 Å². The van der Waals surface area contributed by atoms with Gasteiger partial charge in [-0.05, 0) is 17.1 Å². The Bertz CT molecular complexity index is 544. The second kappa shape index (κ2) is 5.46. The van der Waals surface area contributed by atoms with E-state index in [0.717, 1.165) is 17.1 Å². The van der Waals surface area contributed by atoms with Crippen molar-refractivity contribution in [1.82, 2.24) is 14.5 Å². The van der Waals surface area contributed by atoms with Gasteiger partial charge in [0, 0.05) is 6.54 Å². The minimum Gasteiger partial charge on any atom is -0.370 e. The van der Waals surface area contributed by atoms with Crippen LogP contribution in [0.2, 0.25) is 0 Å². The third kappa shape index (κ3) is 2.64. The van der Waals surface area contributed by atoms with Crippen LogP contribution in [0, 0.1) is 0 Å². The van der Waals surface area contributed by atoms with Crippen molar-refractivity contribution < 1.29 is 9.53 Å². The Kier molecular flexibility index (Phi) is 3.52. The van der Waals surface area contributed by atoms with E-state index in [0.29, 0.717) is 24.6 Å². The molecule has 1 aliphatic heterocycles. The first kappa shape index (κ1) is 12.3. The van der Waals surface area contributed by atoms with Crippen molar-refractivity contribution in [2.24, 2.45) is 0 Å². The summed E-state index contributed by atoms with van der Waals surface area (Å²) in [6.07, 6.45) is 1.46. The van der Waals surface area contributed by atoms with Crippen molar-refractivity contribution in [3.05, 3.63) is 47.0 Å². The molecule has 1 fully saturated rings. The molecule has 0 radical (unpaired) electrons. The number of aromatic nitrogens is 2. The molecule has 0 saturated carbocycles. The normalized spacial score (nSPS) is 19.4. The number of nitrogens with zero attached hydrogens (tertiary/aromatic N) is 3. The maximum absolute atomic E-state index is 12.2. The summed E-state index contributed by atoms with van der Waals surface area (Å²) in [7, 11) is 0. The highest BCUT2D eigenvalue weighted by atomic mass is 32.1. The summed E-state index contributed by atoms with van der Waals surface area (Å²) in [5.41, 5.74) is 1.10. The lowest BCUT2D eigenvalue weighted by Crippen LogP contribution is -2.42. The van der Waals surface area contributed by atoms with Gasteiger partial charge in [0.05, 0.1) is 19.3 Å². The summed E-state index contributed by atoms with van der Waals surface area (Å²) < 4.78 is 9.47. The van der Waals surface area contributed by atoms with Crippen LogP contribution in [0.5, 0.6) is 0 Å². The van der Waals surface area contributed by atoms with Gasteiger partial charge in [0.2, 0.25) is 0 Å². The molecule has 1 amide bonds. The van der Waals surface area contributed by atoms with Crippen LogP contribution in [0.15, 0.2) is 36.5 Å². The van der Waals surface area contributed by atoms with Gasteiger partial charge in [-0.25, -0.2) is 0 Å². The van der Waals surface area contributed by atoms with Gasteiger partial charge in [0.15, 0.2) is 0 Å². The molecule has 6 heteroatoms. The molecule has 5 nitrogen and oxygen atoms in total. The van der Waals surface area contributed by atoms with E-state index in [1.165, 1.54) is 6.20 Å². The monoisotopic (exact) mass is 275 g/mol. The first-order valence-corrected chi connectivity index (χ1v) is 6.85. The van der Waals surface area contributed by atoms with Crippen molar-refractivity contribution in [2.45, 2.75) is 6.10 Å². The Balaban J connectivity index is 1.73. The lowest BCUT2D eigenvalue weighted by molar-refractivity contribution is -0.0226. The fraction of sp³-hybridized carbons (Fsp3) is 0.308. The molecule has 1 saturated heterocycles. The minimum absolute atomic E-state index is 0.0146. The number of amides is 1. The predicted molar refractivity (Wildman–Crippen MR) is 70.9 cm³/mol. The van der Waals surface area contributed by atoms with E-state index in [2.05, 4.69) is 9.59 Å². The highest BCUT2D eigenvalue weighted by molar-refractivity contribution is 7.07. The maximum Gasteiger partial charge on any atom is 0.267 e. The lowest BCUT2D eigenvalue weighted by atomic mass is 10.1. The fourth-order valence-electron chi connectivity index (χ4n) is 2.12. The molecule has 2 heterocycles. The van der Waals surface area contributed by atoms with Crippen LogP contribution >= 0.6 is 11.5 Å². The van der Waals surface area contributed by atoms with E-state index in [9.17, 15) is 4.79 Å². The first-order valence-electron chi connectivity index (χ1n) is 6.08. The van der Waals surface area contributed by atoms with Gasteiger partial charge >= 0.3 is 0 Å². The van der Waals surface area contributed by atoms with Gasteiger partial charge in [-0.2, -0.15) is 0 Å². The van der Waals surface area contributed by atoms with Gasteiger partial charge in [-0.15, -0.1) is 5.10 Å². The smallest absolute Gasteiger partial charge is 0.267 e. The minimum atomic E-state index is -0.0558. The van der Waals surface area contributed by atoms with Gasteiger partial charge in [-0.3, -0.25) is 4.79 Å². The van der Waals surface area contributed by atoms with Crippen molar-refractivity contribution in [1.29, 1.82) is 0 Å². The Morgan fingerprint density at radius 3 is 2.95 bits per heavy atom. The number of benzene rings is 1. The molecule has 3 rings (SSSR count). The average Bonchev–Trinajstić information content (AvgIpc) is 3.02. The van der Waals surface area contributed by atoms with Crippen LogP contribution in [0.4, 0.5) is 0 Å². The summed E-state index contributed by atoms with van der Waals surface area (Å²) in [6, 6.07) is 9.97. The van der Waals surface area contributed by atoms with E-state index in [4.69, 9.17) is 4.74 Å². The highest BCUT2D eigenvalue weighted by Crippen LogP contribution is 2.23. The van der Waals surface area contributed by atoms with Gasteiger partial charge in [0.1, 0.15) is 11.0 Å². The quantitative estimate of drug-likeness (QED) is 0.838. The molecule has 1 atom stereocenters. The van der Waals surface area contributed by atoms with Crippen molar-refractivity contribution in [3.63, 3.8) is 0 Å². The zero-order valence-corrected chi connectivity index (χ0v) is 11.0. The molecule has 1 aromatic carbocycles. The summed E-state index contributed by atoms with van der Waals surface area (Å²) in [5, 5.41) is 3.71. The second-order valence-electron chi connectivity index (χ2n) is 4.30. The molecule has 0 aliphatic carbocycles. The molecule has 0 N–H and O–H groups in total.